The third kappa shape index (κ3) is 5.52. The van der Waals surface area contributed by atoms with Crippen LogP contribution in [0.2, 0.25) is 0 Å². The van der Waals surface area contributed by atoms with E-state index >= 15 is 0 Å². The summed E-state index contributed by atoms with van der Waals surface area (Å²) >= 11 is 0. The number of hydrogen-bond acceptors (Lipinski definition) is 6. The van der Waals surface area contributed by atoms with Crippen molar-refractivity contribution < 1.29 is 27.4 Å². The molecule has 0 bridgehead atoms. The summed E-state index contributed by atoms with van der Waals surface area (Å²) in [6.45, 7) is 1.04. The fourth-order valence-corrected chi connectivity index (χ4v) is 5.31. The van der Waals surface area contributed by atoms with Gasteiger partial charge in [-0.15, -0.1) is 0 Å². The molecule has 0 radical (unpaired) electrons. The van der Waals surface area contributed by atoms with Gasteiger partial charge in [0, 0.05) is 19.6 Å². The van der Waals surface area contributed by atoms with Gasteiger partial charge in [-0.3, -0.25) is 4.79 Å². The zero-order chi connectivity index (χ0) is 23.1. The van der Waals surface area contributed by atoms with Crippen molar-refractivity contribution in [2.45, 2.75) is 24.2 Å². The largest absolute Gasteiger partial charge is 0.497 e. The fourth-order valence-electron chi connectivity index (χ4n) is 3.78. The van der Waals surface area contributed by atoms with E-state index in [0.717, 1.165) is 5.56 Å². The minimum atomic E-state index is -3.66. The van der Waals surface area contributed by atoms with Crippen molar-refractivity contribution >= 4 is 15.9 Å². The number of rotatable bonds is 9. The van der Waals surface area contributed by atoms with Gasteiger partial charge in [-0.25, -0.2) is 8.42 Å². The normalized spacial score (nSPS) is 16.9. The molecule has 2 aromatic rings. The molecule has 0 unspecified atom stereocenters. The Balaban J connectivity index is 1.57. The Morgan fingerprint density at radius 3 is 2.41 bits per heavy atom. The number of hydrogen-bond donors (Lipinski definition) is 1. The van der Waals surface area contributed by atoms with E-state index in [1.54, 1.807) is 26.4 Å². The summed E-state index contributed by atoms with van der Waals surface area (Å²) < 4.78 is 43.0. The van der Waals surface area contributed by atoms with Crippen molar-refractivity contribution in [2.24, 2.45) is 5.92 Å². The molecule has 0 aliphatic carbocycles. The average Bonchev–Trinajstić information content (AvgIpc) is 2.83. The molecule has 0 saturated carbocycles. The molecule has 2 aromatic carbocycles. The van der Waals surface area contributed by atoms with E-state index in [9.17, 15) is 13.2 Å². The predicted molar refractivity (Wildman–Crippen MR) is 121 cm³/mol. The van der Waals surface area contributed by atoms with Crippen molar-refractivity contribution in [3.63, 3.8) is 0 Å². The van der Waals surface area contributed by atoms with Crippen LogP contribution in [0.25, 0.3) is 0 Å². The number of nitrogens with one attached hydrogen (secondary N) is 1. The van der Waals surface area contributed by atoms with Crippen molar-refractivity contribution in [1.29, 1.82) is 0 Å². The maximum atomic E-state index is 13.0. The third-order valence-corrected chi connectivity index (χ3v) is 7.49. The van der Waals surface area contributed by atoms with E-state index in [-0.39, 0.29) is 23.3 Å². The lowest BCUT2D eigenvalue weighted by Gasteiger charge is -2.31. The van der Waals surface area contributed by atoms with Crippen LogP contribution in [0, 0.1) is 5.92 Å². The fraction of sp³-hybridized carbons (Fsp3) is 0.435. The number of sulfonamides is 1. The van der Waals surface area contributed by atoms with Crippen molar-refractivity contribution in [3.8, 4) is 17.2 Å². The van der Waals surface area contributed by atoms with E-state index in [2.05, 4.69) is 5.32 Å². The van der Waals surface area contributed by atoms with E-state index < -0.39 is 10.0 Å². The molecule has 1 N–H and O–H groups in total. The molecule has 0 aromatic heterocycles. The van der Waals surface area contributed by atoms with Crippen LogP contribution in [0.15, 0.2) is 47.4 Å². The smallest absolute Gasteiger partial charge is 0.243 e. The Kier molecular flexibility index (Phi) is 7.98. The predicted octanol–water partition coefficient (Wildman–Crippen LogP) is 2.47. The molecule has 0 spiro atoms. The minimum absolute atomic E-state index is 0.125. The number of benzene rings is 2. The van der Waals surface area contributed by atoms with Gasteiger partial charge in [-0.2, -0.15) is 4.31 Å². The number of methoxy groups -OCH3 is 3. The Hall–Kier alpha value is -2.78. The number of amides is 1. The van der Waals surface area contributed by atoms with Gasteiger partial charge in [-0.05, 0) is 61.2 Å². The molecule has 1 fully saturated rings. The average molecular weight is 463 g/mol. The van der Waals surface area contributed by atoms with Crippen LogP contribution < -0.4 is 19.5 Å². The molecule has 32 heavy (non-hydrogen) atoms. The van der Waals surface area contributed by atoms with E-state index in [1.165, 1.54) is 23.5 Å². The van der Waals surface area contributed by atoms with Crippen molar-refractivity contribution in [3.05, 3.63) is 48.0 Å². The number of carbonyl (C=O) groups excluding carboxylic acids is 1. The van der Waals surface area contributed by atoms with Crippen LogP contribution in [0.3, 0.4) is 0 Å². The van der Waals surface area contributed by atoms with Gasteiger partial charge in [0.1, 0.15) is 5.75 Å². The summed E-state index contributed by atoms with van der Waals surface area (Å²) in [5.41, 5.74) is 1.01. The lowest BCUT2D eigenvalue weighted by molar-refractivity contribution is -0.126. The van der Waals surface area contributed by atoms with Gasteiger partial charge >= 0.3 is 0 Å². The molecule has 8 nitrogen and oxygen atoms in total. The summed E-state index contributed by atoms with van der Waals surface area (Å²) in [5.74, 6) is 1.39. The van der Waals surface area contributed by atoms with Crippen LogP contribution in [-0.2, 0) is 21.2 Å². The van der Waals surface area contributed by atoms with Crippen molar-refractivity contribution in [2.75, 3.05) is 41.0 Å². The molecule has 174 valence electrons. The second-order valence-electron chi connectivity index (χ2n) is 7.61. The molecular formula is C23H30N2O6S. The first-order chi connectivity index (χ1) is 15.4. The summed E-state index contributed by atoms with van der Waals surface area (Å²) in [4.78, 5) is 12.9. The Morgan fingerprint density at radius 2 is 1.75 bits per heavy atom. The molecule has 1 heterocycles. The van der Waals surface area contributed by atoms with Gasteiger partial charge in [0.15, 0.2) is 11.5 Å². The van der Waals surface area contributed by atoms with Gasteiger partial charge < -0.3 is 19.5 Å². The topological polar surface area (TPSA) is 94.2 Å². The molecular weight excluding hydrogens is 432 g/mol. The number of piperidine rings is 1. The third-order valence-electron chi connectivity index (χ3n) is 5.61. The SMILES string of the molecule is COc1ccc(S(=O)(=O)N2CCC[C@H](C(=O)NCCc3ccc(OC)c(OC)c3)C2)cc1. The zero-order valence-electron chi connectivity index (χ0n) is 18.7. The lowest BCUT2D eigenvalue weighted by atomic mass is 9.99. The Labute approximate surface area is 189 Å². The number of nitrogens with zero attached hydrogens (tertiary/aromatic N) is 1. The molecule has 1 aliphatic rings. The van der Waals surface area contributed by atoms with Crippen LogP contribution in [0.1, 0.15) is 18.4 Å². The van der Waals surface area contributed by atoms with Crippen LogP contribution in [0.5, 0.6) is 17.2 Å². The van der Waals surface area contributed by atoms with Gasteiger partial charge in [0.2, 0.25) is 15.9 Å². The standard InChI is InChI=1S/C23H30N2O6S/c1-29-19-7-9-20(10-8-19)32(27,28)25-14-4-5-18(16-25)23(26)24-13-12-17-6-11-21(30-2)22(15-17)31-3/h6-11,15,18H,4-5,12-14,16H2,1-3H3,(H,24,26)/t18-/m0/s1. The summed E-state index contributed by atoms with van der Waals surface area (Å²) in [6.07, 6.45) is 1.94. The maximum absolute atomic E-state index is 13.0. The van der Waals surface area contributed by atoms with Gasteiger partial charge in [0.25, 0.3) is 0 Å². The second kappa shape index (κ2) is 10.7. The van der Waals surface area contributed by atoms with Gasteiger partial charge in [0.05, 0.1) is 32.1 Å². The highest BCUT2D eigenvalue weighted by Crippen LogP contribution is 2.28. The number of carbonyl (C=O) groups is 1. The molecule has 1 saturated heterocycles. The summed E-state index contributed by atoms with van der Waals surface area (Å²) in [5, 5.41) is 2.94. The van der Waals surface area contributed by atoms with E-state index in [0.29, 0.717) is 49.6 Å². The first-order valence-corrected chi connectivity index (χ1v) is 12.0. The summed E-state index contributed by atoms with van der Waals surface area (Å²) in [7, 11) is 1.04. The molecule has 1 aliphatic heterocycles. The molecule has 1 atom stereocenters. The molecule has 9 heteroatoms. The first-order valence-electron chi connectivity index (χ1n) is 10.5. The van der Waals surface area contributed by atoms with E-state index in [1.807, 2.05) is 18.2 Å². The lowest BCUT2D eigenvalue weighted by Crippen LogP contribution is -2.45. The van der Waals surface area contributed by atoms with Gasteiger partial charge in [-0.1, -0.05) is 6.07 Å². The highest BCUT2D eigenvalue weighted by Gasteiger charge is 2.33. The quantitative estimate of drug-likeness (QED) is 0.615. The Morgan fingerprint density at radius 1 is 1.03 bits per heavy atom. The monoisotopic (exact) mass is 462 g/mol. The highest BCUT2D eigenvalue weighted by atomic mass is 32.2. The summed E-state index contributed by atoms with van der Waals surface area (Å²) in [6, 6.07) is 11.9. The zero-order valence-corrected chi connectivity index (χ0v) is 19.5. The second-order valence-corrected chi connectivity index (χ2v) is 9.55. The molecule has 3 rings (SSSR count). The Bertz CT molecular complexity index is 1020. The van der Waals surface area contributed by atoms with E-state index in [4.69, 9.17) is 14.2 Å². The molecule has 1 amide bonds. The number of ether oxygens (including phenoxy) is 3. The van der Waals surface area contributed by atoms with Crippen LogP contribution in [-0.4, -0.2) is 59.6 Å². The van der Waals surface area contributed by atoms with Crippen LogP contribution in [0.4, 0.5) is 0 Å². The maximum Gasteiger partial charge on any atom is 0.243 e. The van der Waals surface area contributed by atoms with Crippen LogP contribution >= 0.6 is 0 Å². The van der Waals surface area contributed by atoms with Crippen molar-refractivity contribution in [1.82, 2.24) is 9.62 Å². The highest BCUT2D eigenvalue weighted by molar-refractivity contribution is 7.89. The first kappa shape index (κ1) is 23.9. The minimum Gasteiger partial charge on any atom is -0.497 e.